The van der Waals surface area contributed by atoms with Crippen molar-refractivity contribution in [2.45, 2.75) is 27.1 Å². The van der Waals surface area contributed by atoms with Gasteiger partial charge in [-0.3, -0.25) is 9.48 Å². The van der Waals surface area contributed by atoms with Crippen molar-refractivity contribution < 1.29 is 9.53 Å². The van der Waals surface area contributed by atoms with Gasteiger partial charge in [0.1, 0.15) is 5.75 Å². The van der Waals surface area contributed by atoms with Crippen LogP contribution in [0.15, 0.2) is 73.1 Å². The Balaban J connectivity index is 1.34. The minimum absolute atomic E-state index is 0.225. The van der Waals surface area contributed by atoms with Gasteiger partial charge in [-0.2, -0.15) is 10.2 Å². The molecule has 152 valence electrons. The van der Waals surface area contributed by atoms with Crippen LogP contribution in [0.3, 0.4) is 0 Å². The number of carbonyl (C=O) groups excluding carboxylic acids is 1. The number of hydrogen-bond acceptors (Lipinski definition) is 4. The molecule has 0 bridgehead atoms. The van der Waals surface area contributed by atoms with Crippen LogP contribution >= 0.6 is 0 Å². The molecule has 0 aliphatic heterocycles. The van der Waals surface area contributed by atoms with Gasteiger partial charge in [0.15, 0.2) is 18.2 Å². The number of aromatic nitrogens is 4. The fraction of sp³-hybridized carbons (Fsp3) is 0.174. The average Bonchev–Trinajstić information content (AvgIpc) is 3.37. The second-order valence-electron chi connectivity index (χ2n) is 7.12. The highest BCUT2D eigenvalue weighted by atomic mass is 16.5. The quantitative estimate of drug-likeness (QED) is 0.507. The van der Waals surface area contributed by atoms with Crippen molar-refractivity contribution in [2.24, 2.45) is 0 Å². The summed E-state index contributed by atoms with van der Waals surface area (Å²) in [5.41, 5.74) is 3.71. The Labute approximate surface area is 174 Å². The van der Waals surface area contributed by atoms with Crippen LogP contribution in [0.5, 0.6) is 5.75 Å². The number of nitrogens with one attached hydrogen (secondary N) is 1. The predicted molar refractivity (Wildman–Crippen MR) is 114 cm³/mol. The molecule has 1 N–H and O–H groups in total. The highest BCUT2D eigenvalue weighted by Gasteiger charge is 2.12. The summed E-state index contributed by atoms with van der Waals surface area (Å²) in [4.78, 5) is 12.5. The van der Waals surface area contributed by atoms with Gasteiger partial charge in [-0.05, 0) is 37.1 Å². The lowest BCUT2D eigenvalue weighted by atomic mass is 10.1. The van der Waals surface area contributed by atoms with Gasteiger partial charge in [-0.1, -0.05) is 48.0 Å². The van der Waals surface area contributed by atoms with Crippen LogP contribution in [0.4, 0.5) is 5.82 Å². The molecule has 30 heavy (non-hydrogen) atoms. The molecule has 2 aromatic carbocycles. The molecule has 7 heteroatoms. The van der Waals surface area contributed by atoms with E-state index in [0.29, 0.717) is 18.1 Å². The van der Waals surface area contributed by atoms with E-state index >= 15 is 0 Å². The number of amides is 1. The summed E-state index contributed by atoms with van der Waals surface area (Å²) in [5, 5.41) is 11.5. The van der Waals surface area contributed by atoms with E-state index in [1.54, 1.807) is 27.7 Å². The molecule has 2 heterocycles. The number of para-hydroxylation sites is 1. The molecule has 0 aliphatic rings. The Kier molecular flexibility index (Phi) is 5.61. The van der Waals surface area contributed by atoms with Gasteiger partial charge in [0.25, 0.3) is 5.91 Å². The van der Waals surface area contributed by atoms with Crippen molar-refractivity contribution in [1.82, 2.24) is 19.6 Å². The maximum atomic E-state index is 12.5. The van der Waals surface area contributed by atoms with Crippen LogP contribution in [-0.2, 0) is 13.3 Å². The number of aryl methyl sites for hydroxylation is 2. The smallest absolute Gasteiger partial charge is 0.277 e. The van der Waals surface area contributed by atoms with Crippen LogP contribution in [0.1, 0.15) is 27.2 Å². The first kappa shape index (κ1) is 19.4. The van der Waals surface area contributed by atoms with Crippen molar-refractivity contribution in [2.75, 3.05) is 5.32 Å². The maximum Gasteiger partial charge on any atom is 0.277 e. The Morgan fingerprint density at radius 3 is 2.63 bits per heavy atom. The standard InChI is InChI=1S/C23H23N5O2/c1-17-6-5-8-19(14-17)15-27-13-11-22(26-27)24-23(29)20-10-12-28(25-20)16-30-21-9-4-3-7-18(21)2/h3-14H,15-16H2,1-2H3,(H,24,26,29). The van der Waals surface area contributed by atoms with Crippen molar-refractivity contribution in [1.29, 1.82) is 0 Å². The first-order chi connectivity index (χ1) is 14.6. The summed E-state index contributed by atoms with van der Waals surface area (Å²) in [6.07, 6.45) is 3.55. The summed E-state index contributed by atoms with van der Waals surface area (Å²) in [6.45, 7) is 4.91. The first-order valence-corrected chi connectivity index (χ1v) is 9.69. The summed E-state index contributed by atoms with van der Waals surface area (Å²) >= 11 is 0. The van der Waals surface area contributed by atoms with Gasteiger partial charge in [-0.15, -0.1) is 0 Å². The molecule has 0 spiro atoms. The molecule has 0 radical (unpaired) electrons. The topological polar surface area (TPSA) is 74.0 Å². The summed E-state index contributed by atoms with van der Waals surface area (Å²) < 4.78 is 9.13. The zero-order valence-electron chi connectivity index (χ0n) is 16.9. The van der Waals surface area contributed by atoms with Gasteiger partial charge in [0.2, 0.25) is 0 Å². The zero-order chi connectivity index (χ0) is 20.9. The summed E-state index contributed by atoms with van der Waals surface area (Å²) in [5.74, 6) is 0.960. The first-order valence-electron chi connectivity index (χ1n) is 9.69. The largest absolute Gasteiger partial charge is 0.471 e. The van der Waals surface area contributed by atoms with Crippen LogP contribution in [0.2, 0.25) is 0 Å². The highest BCUT2D eigenvalue weighted by Crippen LogP contribution is 2.16. The van der Waals surface area contributed by atoms with Crippen molar-refractivity contribution in [3.8, 4) is 5.75 Å². The molecular formula is C23H23N5O2. The summed E-state index contributed by atoms with van der Waals surface area (Å²) in [6, 6.07) is 19.4. The summed E-state index contributed by atoms with van der Waals surface area (Å²) in [7, 11) is 0. The number of nitrogens with zero attached hydrogens (tertiary/aromatic N) is 4. The number of rotatable bonds is 7. The third kappa shape index (κ3) is 4.75. The van der Waals surface area contributed by atoms with E-state index in [1.807, 2.05) is 43.5 Å². The zero-order valence-corrected chi connectivity index (χ0v) is 16.9. The Morgan fingerprint density at radius 2 is 1.80 bits per heavy atom. The Bertz CT molecular complexity index is 1160. The SMILES string of the molecule is Cc1cccc(Cn2ccc(NC(=O)c3ccn(COc4ccccc4C)n3)n2)c1. The maximum absolute atomic E-state index is 12.5. The monoisotopic (exact) mass is 401 g/mol. The minimum atomic E-state index is -0.314. The van der Waals surface area contributed by atoms with Gasteiger partial charge >= 0.3 is 0 Å². The lowest BCUT2D eigenvalue weighted by molar-refractivity contribution is 0.101. The number of ether oxygens (including phenoxy) is 1. The number of benzene rings is 2. The van der Waals surface area contributed by atoms with E-state index < -0.39 is 0 Å². The number of anilines is 1. The van der Waals surface area contributed by atoms with E-state index in [1.165, 1.54) is 5.56 Å². The van der Waals surface area contributed by atoms with Crippen LogP contribution in [0.25, 0.3) is 0 Å². The molecule has 0 fully saturated rings. The van der Waals surface area contributed by atoms with Gasteiger partial charge in [0, 0.05) is 18.5 Å². The lowest BCUT2D eigenvalue weighted by Crippen LogP contribution is -2.15. The molecular weight excluding hydrogens is 378 g/mol. The van der Waals surface area contributed by atoms with E-state index in [-0.39, 0.29) is 12.6 Å². The van der Waals surface area contributed by atoms with E-state index in [0.717, 1.165) is 16.9 Å². The van der Waals surface area contributed by atoms with Crippen LogP contribution < -0.4 is 10.1 Å². The molecule has 7 nitrogen and oxygen atoms in total. The van der Waals surface area contributed by atoms with Crippen LogP contribution in [-0.4, -0.2) is 25.5 Å². The van der Waals surface area contributed by atoms with E-state index in [4.69, 9.17) is 4.74 Å². The van der Waals surface area contributed by atoms with Crippen molar-refractivity contribution in [3.05, 3.63) is 95.4 Å². The highest BCUT2D eigenvalue weighted by molar-refractivity contribution is 6.02. The lowest BCUT2D eigenvalue weighted by Gasteiger charge is -2.08. The molecule has 0 saturated heterocycles. The molecule has 1 amide bonds. The van der Waals surface area contributed by atoms with E-state index in [2.05, 4.69) is 40.6 Å². The number of carbonyl (C=O) groups is 1. The molecule has 0 atom stereocenters. The third-order valence-electron chi connectivity index (χ3n) is 4.63. The molecule has 4 rings (SSSR count). The molecule has 4 aromatic rings. The fourth-order valence-electron chi connectivity index (χ4n) is 3.10. The molecule has 0 saturated carbocycles. The average molecular weight is 401 g/mol. The molecule has 2 aromatic heterocycles. The second kappa shape index (κ2) is 8.65. The van der Waals surface area contributed by atoms with Crippen molar-refractivity contribution in [3.63, 3.8) is 0 Å². The van der Waals surface area contributed by atoms with E-state index in [9.17, 15) is 4.79 Å². The third-order valence-corrected chi connectivity index (χ3v) is 4.63. The van der Waals surface area contributed by atoms with Gasteiger partial charge in [0.05, 0.1) is 6.54 Å². The van der Waals surface area contributed by atoms with Crippen molar-refractivity contribution >= 4 is 11.7 Å². The normalized spacial score (nSPS) is 10.7. The second-order valence-corrected chi connectivity index (χ2v) is 7.12. The number of hydrogen-bond donors (Lipinski definition) is 1. The Hall–Kier alpha value is -3.87. The molecule has 0 aliphatic carbocycles. The van der Waals surface area contributed by atoms with Crippen LogP contribution in [0, 0.1) is 13.8 Å². The minimum Gasteiger partial charge on any atom is -0.471 e. The molecule has 0 unspecified atom stereocenters. The fourth-order valence-corrected chi connectivity index (χ4v) is 3.10. The predicted octanol–water partition coefficient (Wildman–Crippen LogP) is 4.03. The Morgan fingerprint density at radius 1 is 0.967 bits per heavy atom. The van der Waals surface area contributed by atoms with Gasteiger partial charge in [-0.25, -0.2) is 4.68 Å². The van der Waals surface area contributed by atoms with Gasteiger partial charge < -0.3 is 10.1 Å².